The average molecular weight is 219 g/mol. The van der Waals surface area contributed by atoms with Crippen molar-refractivity contribution in [3.05, 3.63) is 29.8 Å². The van der Waals surface area contributed by atoms with Crippen LogP contribution in [0.5, 0.6) is 5.75 Å². The van der Waals surface area contributed by atoms with Gasteiger partial charge < -0.3 is 10.5 Å². The normalized spacial score (nSPS) is 25.4. The standard InChI is InChI=1S/C14H21NO/c1-16-14-7-5-12(6-8-14)13-4-2-3-11(9-13)10-15/h5-8,11,13H,2-4,9-10,15H2,1H3. The second kappa shape index (κ2) is 5.35. The molecule has 2 N–H and O–H groups in total. The van der Waals surface area contributed by atoms with Crippen LogP contribution in [0.15, 0.2) is 24.3 Å². The highest BCUT2D eigenvalue weighted by atomic mass is 16.5. The van der Waals surface area contributed by atoms with Crippen LogP contribution < -0.4 is 10.5 Å². The van der Waals surface area contributed by atoms with Crippen molar-refractivity contribution in [3.8, 4) is 5.75 Å². The van der Waals surface area contributed by atoms with Crippen molar-refractivity contribution in [2.75, 3.05) is 13.7 Å². The summed E-state index contributed by atoms with van der Waals surface area (Å²) in [6.07, 6.45) is 5.19. The molecular weight excluding hydrogens is 198 g/mol. The predicted octanol–water partition coefficient (Wildman–Crippen LogP) is 2.93. The molecule has 2 heteroatoms. The third kappa shape index (κ3) is 2.56. The maximum Gasteiger partial charge on any atom is 0.118 e. The molecule has 0 aromatic heterocycles. The molecule has 1 aromatic rings. The van der Waals surface area contributed by atoms with Crippen LogP contribution in [-0.4, -0.2) is 13.7 Å². The lowest BCUT2D eigenvalue weighted by atomic mass is 9.78. The second-order valence-electron chi connectivity index (χ2n) is 4.74. The molecule has 16 heavy (non-hydrogen) atoms. The van der Waals surface area contributed by atoms with Crippen LogP contribution in [0.3, 0.4) is 0 Å². The van der Waals surface area contributed by atoms with Crippen LogP contribution in [0.2, 0.25) is 0 Å². The van der Waals surface area contributed by atoms with Gasteiger partial charge in [-0.25, -0.2) is 0 Å². The number of hydrogen-bond acceptors (Lipinski definition) is 2. The minimum absolute atomic E-state index is 0.702. The summed E-state index contributed by atoms with van der Waals surface area (Å²) in [4.78, 5) is 0. The summed E-state index contributed by atoms with van der Waals surface area (Å²) in [5.74, 6) is 2.36. The molecule has 1 fully saturated rings. The SMILES string of the molecule is COc1ccc(C2CCCC(CN)C2)cc1. The van der Waals surface area contributed by atoms with Crippen molar-refractivity contribution in [1.29, 1.82) is 0 Å². The van der Waals surface area contributed by atoms with Gasteiger partial charge in [0.1, 0.15) is 5.75 Å². The van der Waals surface area contributed by atoms with E-state index >= 15 is 0 Å². The van der Waals surface area contributed by atoms with E-state index in [1.807, 2.05) is 0 Å². The maximum absolute atomic E-state index is 5.77. The molecule has 2 atom stereocenters. The van der Waals surface area contributed by atoms with Gasteiger partial charge in [0.25, 0.3) is 0 Å². The van der Waals surface area contributed by atoms with Crippen LogP contribution in [0.4, 0.5) is 0 Å². The molecule has 0 heterocycles. The summed E-state index contributed by atoms with van der Waals surface area (Å²) in [6, 6.07) is 8.51. The quantitative estimate of drug-likeness (QED) is 0.848. The van der Waals surface area contributed by atoms with Crippen molar-refractivity contribution >= 4 is 0 Å². The minimum atomic E-state index is 0.702. The molecule has 1 aromatic carbocycles. The van der Waals surface area contributed by atoms with E-state index in [1.54, 1.807) is 7.11 Å². The zero-order chi connectivity index (χ0) is 11.4. The minimum Gasteiger partial charge on any atom is -0.497 e. The van der Waals surface area contributed by atoms with Crippen LogP contribution in [0.25, 0.3) is 0 Å². The number of ether oxygens (including phenoxy) is 1. The van der Waals surface area contributed by atoms with Gasteiger partial charge >= 0.3 is 0 Å². The molecule has 1 aliphatic rings. The molecule has 0 radical (unpaired) electrons. The first-order valence-electron chi connectivity index (χ1n) is 6.17. The van der Waals surface area contributed by atoms with E-state index in [1.165, 1.54) is 31.2 Å². The Hall–Kier alpha value is -1.02. The van der Waals surface area contributed by atoms with Crippen LogP contribution in [0.1, 0.15) is 37.2 Å². The molecule has 0 aliphatic heterocycles. The highest BCUT2D eigenvalue weighted by molar-refractivity contribution is 5.29. The van der Waals surface area contributed by atoms with Gasteiger partial charge in [-0.1, -0.05) is 18.6 Å². The van der Waals surface area contributed by atoms with Crippen LogP contribution >= 0.6 is 0 Å². The monoisotopic (exact) mass is 219 g/mol. The Labute approximate surface area is 97.8 Å². The Kier molecular flexibility index (Phi) is 3.83. The van der Waals surface area contributed by atoms with Gasteiger partial charge in [0.05, 0.1) is 7.11 Å². The van der Waals surface area contributed by atoms with E-state index in [4.69, 9.17) is 10.5 Å². The summed E-state index contributed by atoms with van der Waals surface area (Å²) in [5, 5.41) is 0. The molecular formula is C14H21NO. The van der Waals surface area contributed by atoms with Gasteiger partial charge in [0, 0.05) is 0 Å². The Morgan fingerprint density at radius 2 is 2.00 bits per heavy atom. The number of nitrogens with two attached hydrogens (primary N) is 1. The van der Waals surface area contributed by atoms with Gasteiger partial charge in [-0.3, -0.25) is 0 Å². The largest absolute Gasteiger partial charge is 0.497 e. The third-order valence-electron chi connectivity index (χ3n) is 3.70. The van der Waals surface area contributed by atoms with E-state index in [0.29, 0.717) is 5.92 Å². The van der Waals surface area contributed by atoms with E-state index in [9.17, 15) is 0 Å². The van der Waals surface area contributed by atoms with Crippen LogP contribution in [-0.2, 0) is 0 Å². The van der Waals surface area contributed by atoms with Gasteiger partial charge in [-0.2, -0.15) is 0 Å². The van der Waals surface area contributed by atoms with Gasteiger partial charge in [-0.05, 0) is 55.3 Å². The first-order valence-corrected chi connectivity index (χ1v) is 6.17. The Bertz CT molecular complexity index is 320. The highest BCUT2D eigenvalue weighted by Crippen LogP contribution is 2.36. The van der Waals surface area contributed by atoms with Crippen molar-refractivity contribution in [3.63, 3.8) is 0 Å². The summed E-state index contributed by atoms with van der Waals surface area (Å²) in [6.45, 7) is 0.840. The van der Waals surface area contributed by atoms with E-state index in [2.05, 4.69) is 24.3 Å². The van der Waals surface area contributed by atoms with Crippen molar-refractivity contribution in [2.45, 2.75) is 31.6 Å². The summed E-state index contributed by atoms with van der Waals surface area (Å²) in [7, 11) is 1.71. The van der Waals surface area contributed by atoms with Gasteiger partial charge in [0.2, 0.25) is 0 Å². The lowest BCUT2D eigenvalue weighted by Gasteiger charge is -2.28. The molecule has 2 unspecified atom stereocenters. The zero-order valence-corrected chi connectivity index (χ0v) is 9.99. The van der Waals surface area contributed by atoms with E-state index in [0.717, 1.165) is 18.2 Å². The number of hydrogen-bond donors (Lipinski definition) is 1. The molecule has 0 spiro atoms. The fourth-order valence-corrected chi connectivity index (χ4v) is 2.68. The van der Waals surface area contributed by atoms with Crippen molar-refractivity contribution in [2.24, 2.45) is 11.7 Å². The molecule has 88 valence electrons. The molecule has 0 bridgehead atoms. The lowest BCUT2D eigenvalue weighted by Crippen LogP contribution is -2.21. The molecule has 1 aliphatic carbocycles. The topological polar surface area (TPSA) is 35.2 Å². The summed E-state index contributed by atoms with van der Waals surface area (Å²) < 4.78 is 5.18. The fraction of sp³-hybridized carbons (Fsp3) is 0.571. The average Bonchev–Trinajstić information content (AvgIpc) is 2.39. The number of benzene rings is 1. The first kappa shape index (κ1) is 11.5. The second-order valence-corrected chi connectivity index (χ2v) is 4.74. The first-order chi connectivity index (χ1) is 7.83. The maximum atomic E-state index is 5.77. The van der Waals surface area contributed by atoms with Gasteiger partial charge in [0.15, 0.2) is 0 Å². The summed E-state index contributed by atoms with van der Waals surface area (Å²) in [5.41, 5.74) is 7.21. The third-order valence-corrected chi connectivity index (χ3v) is 3.70. The smallest absolute Gasteiger partial charge is 0.118 e. The number of methoxy groups -OCH3 is 1. The fourth-order valence-electron chi connectivity index (χ4n) is 2.68. The van der Waals surface area contributed by atoms with Crippen molar-refractivity contribution in [1.82, 2.24) is 0 Å². The van der Waals surface area contributed by atoms with E-state index < -0.39 is 0 Å². The summed E-state index contributed by atoms with van der Waals surface area (Å²) >= 11 is 0. The zero-order valence-electron chi connectivity index (χ0n) is 9.99. The highest BCUT2D eigenvalue weighted by Gasteiger charge is 2.22. The number of rotatable bonds is 3. The van der Waals surface area contributed by atoms with Gasteiger partial charge in [-0.15, -0.1) is 0 Å². The lowest BCUT2D eigenvalue weighted by molar-refractivity contribution is 0.328. The molecule has 0 saturated heterocycles. The molecule has 2 nitrogen and oxygen atoms in total. The van der Waals surface area contributed by atoms with Crippen LogP contribution in [0, 0.1) is 5.92 Å². The Morgan fingerprint density at radius 1 is 1.25 bits per heavy atom. The molecule has 2 rings (SSSR count). The predicted molar refractivity (Wildman–Crippen MR) is 66.7 cm³/mol. The molecule has 1 saturated carbocycles. The Balaban J connectivity index is 2.05. The molecule has 0 amide bonds. The van der Waals surface area contributed by atoms with Crippen molar-refractivity contribution < 1.29 is 4.74 Å². The Morgan fingerprint density at radius 3 is 2.62 bits per heavy atom. The van der Waals surface area contributed by atoms with E-state index in [-0.39, 0.29) is 0 Å².